The molecule has 0 fully saturated rings. The second kappa shape index (κ2) is 5.42. The first-order valence-corrected chi connectivity index (χ1v) is 5.39. The number of aromatic nitrogens is 2. The Bertz CT molecular complexity index is 524. The Kier molecular flexibility index (Phi) is 3.69. The van der Waals surface area contributed by atoms with Gasteiger partial charge in [0.1, 0.15) is 6.10 Å². The molecule has 6 nitrogen and oxygen atoms in total. The summed E-state index contributed by atoms with van der Waals surface area (Å²) in [6.45, 7) is 2.12. The van der Waals surface area contributed by atoms with Crippen LogP contribution in [0.3, 0.4) is 0 Å². The van der Waals surface area contributed by atoms with Gasteiger partial charge in [0.05, 0.1) is 6.61 Å². The Morgan fingerprint density at radius 2 is 2.17 bits per heavy atom. The second-order valence-electron chi connectivity index (χ2n) is 3.70. The van der Waals surface area contributed by atoms with Gasteiger partial charge in [0, 0.05) is 0 Å². The summed E-state index contributed by atoms with van der Waals surface area (Å²) < 4.78 is 10.3. The van der Waals surface area contributed by atoms with E-state index < -0.39 is 12.1 Å². The summed E-state index contributed by atoms with van der Waals surface area (Å²) in [6, 6.07) is 9.62. The molecule has 1 N–H and O–H groups in total. The van der Waals surface area contributed by atoms with Crippen LogP contribution >= 0.6 is 0 Å². The minimum absolute atomic E-state index is 0.156. The number of hydrogen-bond acceptors (Lipinski definition) is 5. The molecule has 1 atom stereocenters. The number of carbonyl (C=O) groups is 1. The van der Waals surface area contributed by atoms with Crippen molar-refractivity contribution in [3.63, 3.8) is 0 Å². The zero-order chi connectivity index (χ0) is 13.0. The maximum atomic E-state index is 10.6. The molecule has 0 spiro atoms. The van der Waals surface area contributed by atoms with Gasteiger partial charge in [-0.1, -0.05) is 30.3 Å². The van der Waals surface area contributed by atoms with E-state index in [4.69, 9.17) is 14.4 Å². The lowest BCUT2D eigenvalue weighted by molar-refractivity contribution is 0.0307. The highest BCUT2D eigenvalue weighted by molar-refractivity contribution is 5.82. The molecule has 0 aliphatic carbocycles. The van der Waals surface area contributed by atoms with E-state index in [1.54, 1.807) is 6.92 Å². The Labute approximate surface area is 103 Å². The maximum absolute atomic E-state index is 10.6. The Hall–Kier alpha value is -2.21. The molecule has 2 aromatic rings. The molecule has 1 unspecified atom stereocenters. The van der Waals surface area contributed by atoms with E-state index >= 15 is 0 Å². The minimum Gasteiger partial charge on any atom is -0.475 e. The summed E-state index contributed by atoms with van der Waals surface area (Å²) in [4.78, 5) is 14.3. The van der Waals surface area contributed by atoms with Gasteiger partial charge in [0.25, 0.3) is 11.7 Å². The van der Waals surface area contributed by atoms with Gasteiger partial charge in [-0.05, 0) is 17.6 Å². The molecule has 1 aromatic carbocycles. The fraction of sp³-hybridized carbons (Fsp3) is 0.250. The number of rotatable bonds is 5. The topological polar surface area (TPSA) is 85.5 Å². The number of nitrogens with zero attached hydrogens (tertiary/aromatic N) is 2. The molecule has 0 saturated carbocycles. The van der Waals surface area contributed by atoms with E-state index in [1.165, 1.54) is 0 Å². The molecule has 0 aliphatic heterocycles. The fourth-order valence-corrected chi connectivity index (χ4v) is 1.35. The normalized spacial score (nSPS) is 12.3. The molecule has 1 aromatic heterocycles. The molecule has 0 radical (unpaired) electrons. The Morgan fingerprint density at radius 1 is 1.44 bits per heavy atom. The lowest BCUT2D eigenvalue weighted by Crippen LogP contribution is -2.03. The highest BCUT2D eigenvalue weighted by Crippen LogP contribution is 2.16. The van der Waals surface area contributed by atoms with Crippen LogP contribution in [0, 0.1) is 0 Å². The summed E-state index contributed by atoms with van der Waals surface area (Å²) in [7, 11) is 0. The van der Waals surface area contributed by atoms with E-state index in [9.17, 15) is 4.79 Å². The van der Waals surface area contributed by atoms with Gasteiger partial charge in [0.2, 0.25) is 0 Å². The highest BCUT2D eigenvalue weighted by atomic mass is 16.5. The van der Waals surface area contributed by atoms with Crippen molar-refractivity contribution < 1.29 is 19.2 Å². The maximum Gasteiger partial charge on any atom is 0.377 e. The van der Waals surface area contributed by atoms with Crippen molar-refractivity contribution in [1.82, 2.24) is 10.1 Å². The molecule has 1 heterocycles. The largest absolute Gasteiger partial charge is 0.475 e. The van der Waals surface area contributed by atoms with Crippen LogP contribution in [-0.2, 0) is 11.3 Å². The van der Waals surface area contributed by atoms with E-state index in [1.807, 2.05) is 30.3 Å². The highest BCUT2D eigenvalue weighted by Gasteiger charge is 2.18. The molecule has 2 rings (SSSR count). The van der Waals surface area contributed by atoms with E-state index in [0.717, 1.165) is 5.56 Å². The molecule has 94 valence electrons. The van der Waals surface area contributed by atoms with Gasteiger partial charge in [-0.15, -0.1) is 0 Å². The zero-order valence-corrected chi connectivity index (χ0v) is 9.74. The van der Waals surface area contributed by atoms with E-state index in [-0.39, 0.29) is 11.7 Å². The van der Waals surface area contributed by atoms with E-state index in [0.29, 0.717) is 6.61 Å². The summed E-state index contributed by atoms with van der Waals surface area (Å²) in [5.74, 6) is -1.43. The third-order valence-electron chi connectivity index (χ3n) is 2.32. The Balaban J connectivity index is 1.95. The predicted molar refractivity (Wildman–Crippen MR) is 60.9 cm³/mol. The van der Waals surface area contributed by atoms with Crippen LogP contribution in [-0.4, -0.2) is 21.2 Å². The monoisotopic (exact) mass is 248 g/mol. The van der Waals surface area contributed by atoms with Crippen molar-refractivity contribution in [2.24, 2.45) is 0 Å². The molecule has 6 heteroatoms. The summed E-state index contributed by atoms with van der Waals surface area (Å²) >= 11 is 0. The molecule has 0 aliphatic rings. The number of benzene rings is 1. The SMILES string of the molecule is CC(OCc1ccccc1)c1nc(C(=O)O)no1. The molecule has 0 amide bonds. The first-order valence-electron chi connectivity index (χ1n) is 5.39. The third kappa shape index (κ3) is 2.92. The lowest BCUT2D eigenvalue weighted by Gasteiger charge is -2.08. The van der Waals surface area contributed by atoms with Crippen LogP contribution in [0.5, 0.6) is 0 Å². The summed E-state index contributed by atoms with van der Waals surface area (Å²) in [5.41, 5.74) is 1.02. The van der Waals surface area contributed by atoms with Crippen molar-refractivity contribution in [1.29, 1.82) is 0 Å². The molecular formula is C12H12N2O4. The lowest BCUT2D eigenvalue weighted by atomic mass is 10.2. The molecule has 18 heavy (non-hydrogen) atoms. The van der Waals surface area contributed by atoms with Crippen molar-refractivity contribution in [3.8, 4) is 0 Å². The number of aromatic carboxylic acids is 1. The van der Waals surface area contributed by atoms with Crippen LogP contribution in [0.25, 0.3) is 0 Å². The predicted octanol–water partition coefficient (Wildman–Crippen LogP) is 2.05. The zero-order valence-electron chi connectivity index (χ0n) is 9.74. The average Bonchev–Trinajstić information content (AvgIpc) is 2.87. The van der Waals surface area contributed by atoms with Crippen molar-refractivity contribution in [2.45, 2.75) is 19.6 Å². The van der Waals surface area contributed by atoms with Gasteiger partial charge >= 0.3 is 5.97 Å². The van der Waals surface area contributed by atoms with Crippen LogP contribution in [0.2, 0.25) is 0 Å². The standard InChI is InChI=1S/C12H12N2O4/c1-8(11-13-10(12(15)16)14-18-11)17-7-9-5-3-2-4-6-9/h2-6,8H,7H2,1H3,(H,15,16). The van der Waals surface area contributed by atoms with Crippen LogP contribution in [0.4, 0.5) is 0 Å². The van der Waals surface area contributed by atoms with Gasteiger partial charge in [0.15, 0.2) is 0 Å². The number of ether oxygens (including phenoxy) is 1. The van der Waals surface area contributed by atoms with Crippen molar-refractivity contribution in [2.75, 3.05) is 0 Å². The summed E-state index contributed by atoms with van der Waals surface area (Å²) in [5, 5.41) is 12.0. The quantitative estimate of drug-likeness (QED) is 0.871. The number of hydrogen-bond donors (Lipinski definition) is 1. The minimum atomic E-state index is -1.22. The molecule has 0 bridgehead atoms. The van der Waals surface area contributed by atoms with Crippen LogP contribution < -0.4 is 0 Å². The molecule has 0 saturated heterocycles. The Morgan fingerprint density at radius 3 is 2.78 bits per heavy atom. The average molecular weight is 248 g/mol. The number of carboxylic acid groups (broad SMARTS) is 1. The smallest absolute Gasteiger partial charge is 0.377 e. The molecular weight excluding hydrogens is 236 g/mol. The third-order valence-corrected chi connectivity index (χ3v) is 2.32. The second-order valence-corrected chi connectivity index (χ2v) is 3.70. The van der Waals surface area contributed by atoms with Gasteiger partial charge in [-0.25, -0.2) is 4.79 Å². The van der Waals surface area contributed by atoms with Gasteiger partial charge < -0.3 is 14.4 Å². The van der Waals surface area contributed by atoms with Crippen LogP contribution in [0.15, 0.2) is 34.9 Å². The van der Waals surface area contributed by atoms with Gasteiger partial charge in [-0.3, -0.25) is 0 Å². The first-order chi connectivity index (χ1) is 8.66. The van der Waals surface area contributed by atoms with E-state index in [2.05, 4.69) is 10.1 Å². The summed E-state index contributed by atoms with van der Waals surface area (Å²) in [6.07, 6.45) is -0.453. The number of carboxylic acids is 1. The van der Waals surface area contributed by atoms with Crippen molar-refractivity contribution in [3.05, 3.63) is 47.6 Å². The fourth-order valence-electron chi connectivity index (χ4n) is 1.35. The van der Waals surface area contributed by atoms with Gasteiger partial charge in [-0.2, -0.15) is 4.98 Å². The first kappa shape index (κ1) is 12.3. The van der Waals surface area contributed by atoms with Crippen molar-refractivity contribution >= 4 is 5.97 Å². The van der Waals surface area contributed by atoms with Crippen LogP contribution in [0.1, 0.15) is 35.1 Å².